The molecule has 3 heterocycles. The van der Waals surface area contributed by atoms with Gasteiger partial charge in [0.25, 0.3) is 0 Å². The lowest BCUT2D eigenvalue weighted by Gasteiger charge is -2.39. The summed E-state index contributed by atoms with van der Waals surface area (Å²) in [6.45, 7) is 0. The minimum Gasteiger partial charge on any atom is -0.309 e. The van der Waals surface area contributed by atoms with Crippen LogP contribution >= 0.6 is 0 Å². The van der Waals surface area contributed by atoms with Crippen molar-refractivity contribution in [2.45, 2.75) is 5.41 Å². The molecule has 1 atom stereocenters. The van der Waals surface area contributed by atoms with Crippen LogP contribution in [0.5, 0.6) is 0 Å². The fourth-order valence-corrected chi connectivity index (χ4v) is 14.3. The number of benzene rings is 13. The van der Waals surface area contributed by atoms with Crippen LogP contribution in [0.2, 0.25) is 0 Å². The summed E-state index contributed by atoms with van der Waals surface area (Å²) in [6.07, 6.45) is 0. The normalized spacial score (nSPS) is 13.9. The van der Waals surface area contributed by atoms with Gasteiger partial charge in [0.1, 0.15) is 0 Å². The van der Waals surface area contributed by atoms with Crippen LogP contribution in [0.1, 0.15) is 22.3 Å². The molecule has 1 spiro atoms. The summed E-state index contributed by atoms with van der Waals surface area (Å²) >= 11 is 0. The van der Waals surface area contributed by atoms with Crippen LogP contribution in [-0.4, -0.2) is 9.13 Å². The van der Waals surface area contributed by atoms with E-state index in [1.165, 1.54) is 93.8 Å². The SMILES string of the molecule is c1ccc(-c2ccc(-c3ccccc3N(c3ccc(-c4cccc(-n5c6ccccc6c6ccccc65)c4)cc3)c3ccccc3-c3ccc4c(c3)C3(c5ccccc5-4)c4ccccc4-n4c5ccccc5c5cccc3c54)cc2)cc1. The number of para-hydroxylation sites is 7. The van der Waals surface area contributed by atoms with E-state index < -0.39 is 5.41 Å². The Labute approximate surface area is 476 Å². The third-order valence-corrected chi connectivity index (χ3v) is 17.7. The average molecular weight is 1040 g/mol. The van der Waals surface area contributed by atoms with Gasteiger partial charge >= 0.3 is 0 Å². The monoisotopic (exact) mass is 1040 g/mol. The molecule has 3 nitrogen and oxygen atoms in total. The molecule has 0 fully saturated rings. The summed E-state index contributed by atoms with van der Waals surface area (Å²) in [6, 6.07) is 115. The number of nitrogens with zero attached hydrogens (tertiary/aromatic N) is 3. The fourth-order valence-electron chi connectivity index (χ4n) is 14.3. The van der Waals surface area contributed by atoms with E-state index in [1.54, 1.807) is 0 Å². The number of anilines is 3. The Hall–Kier alpha value is -10.7. The highest BCUT2D eigenvalue weighted by atomic mass is 15.1. The first-order valence-electron chi connectivity index (χ1n) is 28.4. The zero-order valence-electron chi connectivity index (χ0n) is 44.8. The Morgan fingerprint density at radius 3 is 1.44 bits per heavy atom. The van der Waals surface area contributed by atoms with Gasteiger partial charge in [-0.25, -0.2) is 0 Å². The van der Waals surface area contributed by atoms with Crippen LogP contribution in [0.3, 0.4) is 0 Å². The standard InChI is InChI=1S/C79H51N3/c1-2-20-52(21-3-1)53-40-42-55(43-41-53)60-24-5-12-34-72(60)80(58-47-44-54(45-48-58)56-22-18-23-59(50-56)81-74-36-14-7-27-64(74)65-28-8-15-37-75(65)81)73-35-13-6-25-61(73)57-46-49-63-62-26-4-10-31-68(62)79(71(63)51-57)69-32-11-17-39-77(69)82-76-38-16-9-29-66(76)67-30-19-33-70(79)78(67)82/h1-51H. The Bertz CT molecular complexity index is 4990. The highest BCUT2D eigenvalue weighted by Gasteiger charge is 2.51. The van der Waals surface area contributed by atoms with Crippen LogP contribution in [0.4, 0.5) is 17.1 Å². The van der Waals surface area contributed by atoms with Gasteiger partial charge in [0, 0.05) is 44.0 Å². The second-order valence-electron chi connectivity index (χ2n) is 21.9. The number of aromatic nitrogens is 2. The highest BCUT2D eigenvalue weighted by Crippen LogP contribution is 2.62. The zero-order chi connectivity index (χ0) is 53.9. The predicted molar refractivity (Wildman–Crippen MR) is 342 cm³/mol. The zero-order valence-corrected chi connectivity index (χ0v) is 44.8. The maximum atomic E-state index is 2.53. The Kier molecular flexibility index (Phi) is 10.2. The average Bonchev–Trinajstić information content (AvgIpc) is 1.55. The second kappa shape index (κ2) is 18.2. The van der Waals surface area contributed by atoms with Gasteiger partial charge in [0.15, 0.2) is 0 Å². The molecular weight excluding hydrogens is 991 g/mol. The lowest BCUT2D eigenvalue weighted by atomic mass is 9.65. The summed E-state index contributed by atoms with van der Waals surface area (Å²) < 4.78 is 4.93. The molecule has 2 aliphatic rings. The van der Waals surface area contributed by atoms with Gasteiger partial charge in [-0.3, -0.25) is 0 Å². The molecule has 0 N–H and O–H groups in total. The van der Waals surface area contributed by atoms with E-state index in [-0.39, 0.29) is 0 Å². The summed E-state index contributed by atoms with van der Waals surface area (Å²) in [5.74, 6) is 0. The predicted octanol–water partition coefficient (Wildman–Crippen LogP) is 20.7. The molecule has 0 amide bonds. The van der Waals surface area contributed by atoms with Crippen molar-refractivity contribution in [2.75, 3.05) is 4.90 Å². The maximum absolute atomic E-state index is 2.53. The fraction of sp³-hybridized carbons (Fsp3) is 0.0127. The number of hydrogen-bond acceptors (Lipinski definition) is 1. The van der Waals surface area contributed by atoms with Crippen molar-refractivity contribution >= 4 is 60.7 Å². The maximum Gasteiger partial charge on any atom is 0.0754 e. The van der Waals surface area contributed by atoms with Crippen molar-refractivity contribution in [1.29, 1.82) is 0 Å². The highest BCUT2D eigenvalue weighted by molar-refractivity contribution is 6.13. The Morgan fingerprint density at radius 2 is 0.720 bits per heavy atom. The molecule has 1 unspecified atom stereocenters. The third-order valence-electron chi connectivity index (χ3n) is 17.7. The lowest BCUT2D eigenvalue weighted by molar-refractivity contribution is 0.749. The van der Waals surface area contributed by atoms with Crippen molar-refractivity contribution in [3.63, 3.8) is 0 Å². The molecule has 1 aliphatic carbocycles. The van der Waals surface area contributed by atoms with Gasteiger partial charge in [-0.1, -0.05) is 243 Å². The van der Waals surface area contributed by atoms with E-state index in [0.29, 0.717) is 0 Å². The number of fused-ring (bicyclic) bond motifs is 15. The lowest BCUT2D eigenvalue weighted by Crippen LogP contribution is -2.33. The van der Waals surface area contributed by atoms with Crippen molar-refractivity contribution in [3.8, 4) is 67.0 Å². The molecule has 0 saturated carbocycles. The Balaban J connectivity index is 0.850. The summed E-state index contributed by atoms with van der Waals surface area (Å²) in [4.78, 5) is 2.49. The summed E-state index contributed by atoms with van der Waals surface area (Å²) in [5.41, 5.74) is 27.0. The van der Waals surface area contributed by atoms with Crippen molar-refractivity contribution in [2.24, 2.45) is 0 Å². The Morgan fingerprint density at radius 1 is 0.256 bits per heavy atom. The minimum atomic E-state index is -0.579. The van der Waals surface area contributed by atoms with Crippen molar-refractivity contribution in [1.82, 2.24) is 9.13 Å². The van der Waals surface area contributed by atoms with E-state index in [0.717, 1.165) is 56.1 Å². The second-order valence-corrected chi connectivity index (χ2v) is 21.9. The summed E-state index contributed by atoms with van der Waals surface area (Å²) in [7, 11) is 0. The summed E-state index contributed by atoms with van der Waals surface area (Å²) in [5, 5.41) is 5.06. The largest absolute Gasteiger partial charge is 0.309 e. The van der Waals surface area contributed by atoms with Crippen molar-refractivity contribution in [3.05, 3.63) is 332 Å². The molecule has 0 radical (unpaired) electrons. The third kappa shape index (κ3) is 6.71. The van der Waals surface area contributed by atoms with Gasteiger partial charge < -0.3 is 14.0 Å². The van der Waals surface area contributed by atoms with E-state index in [2.05, 4.69) is 323 Å². The van der Waals surface area contributed by atoms with E-state index >= 15 is 0 Å². The minimum absolute atomic E-state index is 0.579. The van der Waals surface area contributed by atoms with Gasteiger partial charge in [-0.15, -0.1) is 0 Å². The van der Waals surface area contributed by atoms with Gasteiger partial charge in [-0.05, 0) is 133 Å². The number of rotatable bonds is 8. The van der Waals surface area contributed by atoms with Crippen molar-refractivity contribution < 1.29 is 0 Å². The molecule has 82 heavy (non-hydrogen) atoms. The molecule has 382 valence electrons. The van der Waals surface area contributed by atoms with Gasteiger partial charge in [0.05, 0.1) is 44.5 Å². The first-order valence-corrected chi connectivity index (χ1v) is 28.4. The van der Waals surface area contributed by atoms with Gasteiger partial charge in [0.2, 0.25) is 0 Å². The number of hydrogen-bond donors (Lipinski definition) is 0. The molecule has 3 heteroatoms. The molecule has 1 aliphatic heterocycles. The first-order chi connectivity index (χ1) is 40.7. The molecular formula is C79H51N3. The molecule has 0 saturated heterocycles. The van der Waals surface area contributed by atoms with E-state index in [9.17, 15) is 0 Å². The van der Waals surface area contributed by atoms with Crippen LogP contribution in [0.15, 0.2) is 309 Å². The van der Waals surface area contributed by atoms with E-state index in [4.69, 9.17) is 0 Å². The van der Waals surface area contributed by atoms with Crippen LogP contribution < -0.4 is 4.90 Å². The molecule has 15 aromatic rings. The molecule has 13 aromatic carbocycles. The smallest absolute Gasteiger partial charge is 0.0754 e. The van der Waals surface area contributed by atoms with E-state index in [1.807, 2.05) is 0 Å². The van der Waals surface area contributed by atoms with Crippen LogP contribution in [-0.2, 0) is 5.41 Å². The van der Waals surface area contributed by atoms with Crippen LogP contribution in [0, 0.1) is 0 Å². The molecule has 17 rings (SSSR count). The van der Waals surface area contributed by atoms with Gasteiger partial charge in [-0.2, -0.15) is 0 Å². The van der Waals surface area contributed by atoms with Crippen LogP contribution in [0.25, 0.3) is 111 Å². The quantitative estimate of drug-likeness (QED) is 0.148. The molecule has 2 aromatic heterocycles. The molecule has 0 bridgehead atoms. The topological polar surface area (TPSA) is 13.1 Å². The first kappa shape index (κ1) is 46.2.